The molecule has 3 atom stereocenters. The Labute approximate surface area is 198 Å². The smallest absolute Gasteiger partial charge is 0.234 e. The first-order valence-electron chi connectivity index (χ1n) is 11.1. The van der Waals surface area contributed by atoms with Gasteiger partial charge >= 0.3 is 0 Å². The van der Waals surface area contributed by atoms with Crippen LogP contribution in [0.2, 0.25) is 0 Å². The zero-order valence-corrected chi connectivity index (χ0v) is 20.1. The highest BCUT2D eigenvalue weighted by Crippen LogP contribution is 2.32. The van der Waals surface area contributed by atoms with Gasteiger partial charge in [-0.05, 0) is 75.2 Å². The van der Waals surface area contributed by atoms with E-state index < -0.39 is 0 Å². The number of fused-ring (bicyclic) bond motifs is 1. The van der Waals surface area contributed by atoms with E-state index in [0.717, 1.165) is 17.0 Å². The number of anilines is 2. The second kappa shape index (κ2) is 9.94. The molecule has 3 unspecified atom stereocenters. The van der Waals surface area contributed by atoms with Crippen LogP contribution in [0, 0.1) is 25.2 Å². The Bertz CT molecular complexity index is 1070. The molecule has 1 saturated heterocycles. The lowest BCUT2D eigenvalue weighted by atomic mass is 9.96. The van der Waals surface area contributed by atoms with E-state index >= 15 is 0 Å². The van der Waals surface area contributed by atoms with Crippen LogP contribution in [0.3, 0.4) is 0 Å². The molecular weight excluding hydrogens is 436 g/mol. The normalized spacial score (nSPS) is 22.1. The molecule has 174 valence electrons. The largest absolute Gasteiger partial charge is 0.494 e. The van der Waals surface area contributed by atoms with Gasteiger partial charge in [0.25, 0.3) is 0 Å². The van der Waals surface area contributed by atoms with Crippen LogP contribution in [0.1, 0.15) is 25.0 Å². The molecule has 0 bridgehead atoms. The van der Waals surface area contributed by atoms with Crippen molar-refractivity contribution in [3.63, 3.8) is 0 Å². The van der Waals surface area contributed by atoms with Crippen LogP contribution in [-0.2, 0) is 4.79 Å². The highest BCUT2D eigenvalue weighted by Gasteiger charge is 2.43. The molecule has 1 fully saturated rings. The van der Waals surface area contributed by atoms with Crippen molar-refractivity contribution >= 4 is 40.0 Å². The van der Waals surface area contributed by atoms with E-state index in [2.05, 4.69) is 42.1 Å². The standard InChI is InChI=1S/C24H30N6O2S/c1-5-32-19-10-7-17(8-11-19)26-20(31)13-33-24-27-23-21(16(4)28-29-23)22(25)30(24)18-9-6-14(2)15(3)12-18/h6-12,16,21,23,25,28-29H,5,13H2,1-4H3,(H,26,31). The lowest BCUT2D eigenvalue weighted by Gasteiger charge is -2.36. The van der Waals surface area contributed by atoms with Gasteiger partial charge < -0.3 is 10.1 Å². The molecular formula is C24H30N6O2S. The van der Waals surface area contributed by atoms with Gasteiger partial charge in [0.15, 0.2) is 5.17 Å². The van der Waals surface area contributed by atoms with Crippen LogP contribution in [-0.4, -0.2) is 41.5 Å². The molecule has 0 radical (unpaired) electrons. The zero-order chi connectivity index (χ0) is 23.5. The molecule has 9 heteroatoms. The van der Waals surface area contributed by atoms with Gasteiger partial charge in [-0.3, -0.25) is 20.5 Å². The molecule has 33 heavy (non-hydrogen) atoms. The number of hydrogen-bond donors (Lipinski definition) is 4. The summed E-state index contributed by atoms with van der Waals surface area (Å²) in [6, 6.07) is 13.5. The van der Waals surface area contributed by atoms with Crippen molar-refractivity contribution in [3.8, 4) is 5.75 Å². The van der Waals surface area contributed by atoms with Crippen LogP contribution >= 0.6 is 11.8 Å². The minimum absolute atomic E-state index is 0.0785. The Morgan fingerprint density at radius 1 is 1.18 bits per heavy atom. The van der Waals surface area contributed by atoms with E-state index in [1.165, 1.54) is 17.3 Å². The number of aliphatic imine (C=N–C) groups is 1. The van der Waals surface area contributed by atoms with Crippen LogP contribution in [0.25, 0.3) is 0 Å². The Hall–Kier alpha value is -2.88. The minimum Gasteiger partial charge on any atom is -0.494 e. The fraction of sp³-hybridized carbons (Fsp3) is 0.375. The number of hydrazine groups is 1. The number of benzene rings is 2. The van der Waals surface area contributed by atoms with Crippen molar-refractivity contribution < 1.29 is 9.53 Å². The minimum atomic E-state index is -0.230. The maximum atomic E-state index is 12.7. The van der Waals surface area contributed by atoms with E-state index in [4.69, 9.17) is 15.1 Å². The molecule has 4 N–H and O–H groups in total. The Morgan fingerprint density at radius 3 is 2.64 bits per heavy atom. The quantitative estimate of drug-likeness (QED) is 0.518. The van der Waals surface area contributed by atoms with Crippen molar-refractivity contribution in [2.75, 3.05) is 22.6 Å². The zero-order valence-electron chi connectivity index (χ0n) is 19.3. The van der Waals surface area contributed by atoms with Gasteiger partial charge in [-0.25, -0.2) is 10.4 Å². The van der Waals surface area contributed by atoms with Gasteiger partial charge in [-0.1, -0.05) is 17.8 Å². The molecule has 0 aliphatic carbocycles. The topological polar surface area (TPSA) is 102 Å². The molecule has 0 spiro atoms. The summed E-state index contributed by atoms with van der Waals surface area (Å²) in [7, 11) is 0. The Balaban J connectivity index is 1.50. The van der Waals surface area contributed by atoms with Crippen molar-refractivity contribution in [2.24, 2.45) is 10.9 Å². The van der Waals surface area contributed by atoms with Gasteiger partial charge in [0.05, 0.1) is 18.3 Å². The van der Waals surface area contributed by atoms with Gasteiger partial charge in [-0.2, -0.15) is 0 Å². The van der Waals surface area contributed by atoms with Gasteiger partial charge in [0.1, 0.15) is 17.8 Å². The van der Waals surface area contributed by atoms with E-state index in [-0.39, 0.29) is 29.8 Å². The Kier molecular flexibility index (Phi) is 7.02. The monoisotopic (exact) mass is 466 g/mol. The number of amidine groups is 2. The van der Waals surface area contributed by atoms with Crippen molar-refractivity contribution in [2.45, 2.75) is 39.9 Å². The third-order valence-electron chi connectivity index (χ3n) is 5.87. The van der Waals surface area contributed by atoms with Crippen molar-refractivity contribution in [3.05, 3.63) is 53.6 Å². The first-order chi connectivity index (χ1) is 15.9. The van der Waals surface area contributed by atoms with E-state index in [0.29, 0.717) is 23.3 Å². The summed E-state index contributed by atoms with van der Waals surface area (Å²) in [5.41, 5.74) is 10.3. The predicted octanol–water partition coefficient (Wildman–Crippen LogP) is 3.67. The molecule has 2 aliphatic heterocycles. The summed E-state index contributed by atoms with van der Waals surface area (Å²) >= 11 is 1.33. The molecule has 2 aromatic carbocycles. The fourth-order valence-corrected chi connectivity index (χ4v) is 4.80. The summed E-state index contributed by atoms with van der Waals surface area (Å²) in [5, 5.41) is 12.5. The lowest BCUT2D eigenvalue weighted by molar-refractivity contribution is -0.113. The molecule has 4 rings (SSSR count). The number of thioether (sulfide) groups is 1. The van der Waals surface area contributed by atoms with Crippen LogP contribution < -0.4 is 25.8 Å². The predicted molar refractivity (Wildman–Crippen MR) is 135 cm³/mol. The second-order valence-electron chi connectivity index (χ2n) is 8.24. The molecule has 2 aliphatic rings. The van der Waals surface area contributed by atoms with Crippen LogP contribution in [0.4, 0.5) is 11.4 Å². The first-order valence-corrected chi connectivity index (χ1v) is 12.1. The number of aryl methyl sites for hydroxylation is 2. The van der Waals surface area contributed by atoms with Gasteiger partial charge in [-0.15, -0.1) is 0 Å². The first kappa shape index (κ1) is 23.3. The molecule has 2 aromatic rings. The maximum absolute atomic E-state index is 12.7. The van der Waals surface area contributed by atoms with E-state index in [1.54, 1.807) is 0 Å². The van der Waals surface area contributed by atoms with Gasteiger partial charge in [0.2, 0.25) is 5.91 Å². The molecule has 1 amide bonds. The molecule has 8 nitrogen and oxygen atoms in total. The third-order valence-corrected chi connectivity index (χ3v) is 6.82. The Morgan fingerprint density at radius 2 is 1.94 bits per heavy atom. The van der Waals surface area contributed by atoms with Crippen molar-refractivity contribution in [1.82, 2.24) is 10.9 Å². The lowest BCUT2D eigenvalue weighted by Crippen LogP contribution is -2.50. The van der Waals surface area contributed by atoms with Crippen LogP contribution in [0.15, 0.2) is 47.5 Å². The number of hydrogen-bond acceptors (Lipinski definition) is 7. The van der Waals surface area contributed by atoms with Crippen LogP contribution in [0.5, 0.6) is 5.75 Å². The second-order valence-corrected chi connectivity index (χ2v) is 9.19. The number of amides is 1. The number of rotatable bonds is 6. The highest BCUT2D eigenvalue weighted by molar-refractivity contribution is 8.14. The number of nitrogens with one attached hydrogen (secondary N) is 4. The summed E-state index contributed by atoms with van der Waals surface area (Å²) in [4.78, 5) is 19.4. The number of carbonyl (C=O) groups excluding carboxylic acids is 1. The average molecular weight is 467 g/mol. The van der Waals surface area contributed by atoms with E-state index in [1.807, 2.05) is 49.1 Å². The van der Waals surface area contributed by atoms with E-state index in [9.17, 15) is 4.79 Å². The summed E-state index contributed by atoms with van der Waals surface area (Å²) in [5.74, 6) is 1.20. The molecule has 2 heterocycles. The average Bonchev–Trinajstić information content (AvgIpc) is 3.17. The number of carbonyl (C=O) groups is 1. The summed E-state index contributed by atoms with van der Waals surface area (Å²) < 4.78 is 5.44. The van der Waals surface area contributed by atoms with Crippen molar-refractivity contribution in [1.29, 1.82) is 5.41 Å². The number of nitrogens with zero attached hydrogens (tertiary/aromatic N) is 2. The highest BCUT2D eigenvalue weighted by atomic mass is 32.2. The SMILES string of the molecule is CCOc1ccc(NC(=O)CSC2=NC3NNC(C)C3C(=N)N2c2ccc(C)c(C)c2)cc1. The summed E-state index contributed by atoms with van der Waals surface area (Å²) in [6.45, 7) is 8.70. The molecule has 0 saturated carbocycles. The summed E-state index contributed by atoms with van der Waals surface area (Å²) in [6.07, 6.45) is -0.230. The van der Waals surface area contributed by atoms with Gasteiger partial charge in [0, 0.05) is 17.4 Å². The fourth-order valence-electron chi connectivity index (χ4n) is 3.94. The number of ether oxygens (including phenoxy) is 1. The molecule has 0 aromatic heterocycles. The maximum Gasteiger partial charge on any atom is 0.234 e. The third kappa shape index (κ3) is 5.05.